The highest BCUT2D eigenvalue weighted by Gasteiger charge is 2.48. The van der Waals surface area contributed by atoms with Crippen molar-refractivity contribution in [2.75, 3.05) is 4.90 Å². The number of rotatable bonds is 3. The van der Waals surface area contributed by atoms with E-state index in [1.165, 1.54) is 35.4 Å². The average molecular weight is 377 g/mol. The first-order valence-corrected chi connectivity index (χ1v) is 8.64. The minimum atomic E-state index is -0.957. The van der Waals surface area contributed by atoms with Crippen LogP contribution >= 0.6 is 0 Å². The maximum atomic E-state index is 13.3. The summed E-state index contributed by atoms with van der Waals surface area (Å²) in [6.07, 6.45) is 1.42. The van der Waals surface area contributed by atoms with Crippen LogP contribution in [-0.2, 0) is 9.59 Å². The fourth-order valence-electron chi connectivity index (χ4n) is 3.28. The molecule has 1 unspecified atom stereocenters. The number of furan rings is 1. The van der Waals surface area contributed by atoms with Crippen molar-refractivity contribution in [3.8, 4) is 0 Å². The van der Waals surface area contributed by atoms with Crippen LogP contribution < -0.4 is 4.90 Å². The molecule has 1 aliphatic rings. The van der Waals surface area contributed by atoms with Crippen LogP contribution in [0.25, 0.3) is 5.76 Å². The van der Waals surface area contributed by atoms with Gasteiger partial charge in [-0.2, -0.15) is 0 Å². The van der Waals surface area contributed by atoms with E-state index in [4.69, 9.17) is 4.42 Å². The highest BCUT2D eigenvalue weighted by Crippen LogP contribution is 2.42. The maximum absolute atomic E-state index is 13.3. The van der Waals surface area contributed by atoms with Gasteiger partial charge in [-0.25, -0.2) is 4.39 Å². The maximum Gasteiger partial charge on any atom is 0.300 e. The lowest BCUT2D eigenvalue weighted by molar-refractivity contribution is -0.132. The summed E-state index contributed by atoms with van der Waals surface area (Å²) in [5.41, 5.74) is 1.66. The molecule has 0 bridgehead atoms. The van der Waals surface area contributed by atoms with Gasteiger partial charge >= 0.3 is 0 Å². The number of hydrogen-bond acceptors (Lipinski definition) is 4. The molecule has 1 atom stereocenters. The molecule has 140 valence electrons. The molecule has 4 rings (SSSR count). The third-order valence-electron chi connectivity index (χ3n) is 4.69. The quantitative estimate of drug-likeness (QED) is 0.418. The van der Waals surface area contributed by atoms with Gasteiger partial charge in [0, 0.05) is 11.3 Å². The number of aryl methyl sites for hydroxylation is 1. The molecular weight excluding hydrogens is 361 g/mol. The summed E-state index contributed by atoms with van der Waals surface area (Å²) >= 11 is 0. The summed E-state index contributed by atoms with van der Waals surface area (Å²) in [6.45, 7) is 1.90. The van der Waals surface area contributed by atoms with Crippen LogP contribution in [-0.4, -0.2) is 16.8 Å². The molecule has 1 N–H and O–H groups in total. The highest BCUT2D eigenvalue weighted by atomic mass is 19.1. The number of Topliss-reactive ketones (excluding diaryl/α,β-unsaturated/α-hetero) is 1. The molecule has 1 aliphatic heterocycles. The van der Waals surface area contributed by atoms with Gasteiger partial charge < -0.3 is 9.52 Å². The summed E-state index contributed by atoms with van der Waals surface area (Å²) < 4.78 is 18.8. The van der Waals surface area contributed by atoms with E-state index in [2.05, 4.69) is 0 Å². The molecule has 2 aromatic carbocycles. The van der Waals surface area contributed by atoms with Crippen LogP contribution in [0.2, 0.25) is 0 Å². The Hall–Kier alpha value is -3.67. The monoisotopic (exact) mass is 377 g/mol. The van der Waals surface area contributed by atoms with Gasteiger partial charge in [0.1, 0.15) is 23.4 Å². The highest BCUT2D eigenvalue weighted by molar-refractivity contribution is 6.51. The molecule has 1 saturated heterocycles. The molecule has 0 spiro atoms. The molecule has 0 radical (unpaired) electrons. The van der Waals surface area contributed by atoms with E-state index < -0.39 is 23.5 Å². The smallest absolute Gasteiger partial charge is 0.300 e. The van der Waals surface area contributed by atoms with Crippen molar-refractivity contribution in [1.29, 1.82) is 0 Å². The molecule has 1 amide bonds. The Morgan fingerprint density at radius 3 is 2.32 bits per heavy atom. The predicted octanol–water partition coefficient (Wildman–Crippen LogP) is 4.35. The minimum Gasteiger partial charge on any atom is -0.507 e. The number of ketones is 1. The van der Waals surface area contributed by atoms with Gasteiger partial charge in [-0.1, -0.05) is 29.8 Å². The fourth-order valence-corrected chi connectivity index (χ4v) is 3.28. The number of halogens is 1. The van der Waals surface area contributed by atoms with Crippen LogP contribution in [0.4, 0.5) is 10.1 Å². The summed E-state index contributed by atoms with van der Waals surface area (Å²) in [5.74, 6) is -2.08. The number of nitrogens with zero attached hydrogens (tertiary/aromatic N) is 1. The summed E-state index contributed by atoms with van der Waals surface area (Å²) in [7, 11) is 0. The lowest BCUT2D eigenvalue weighted by Gasteiger charge is -2.23. The summed E-state index contributed by atoms with van der Waals surface area (Å²) in [6, 6.07) is 14.5. The lowest BCUT2D eigenvalue weighted by atomic mass is 9.98. The summed E-state index contributed by atoms with van der Waals surface area (Å²) in [5, 5.41) is 10.9. The molecule has 0 saturated carbocycles. The molecule has 2 heterocycles. The number of aliphatic hydroxyl groups is 1. The van der Waals surface area contributed by atoms with Crippen molar-refractivity contribution < 1.29 is 23.5 Å². The van der Waals surface area contributed by atoms with Gasteiger partial charge in [0.05, 0.1) is 11.8 Å². The predicted molar refractivity (Wildman–Crippen MR) is 101 cm³/mol. The zero-order valence-corrected chi connectivity index (χ0v) is 14.9. The fraction of sp³-hybridized carbons (Fsp3) is 0.0909. The molecular formula is C22H16FNO4. The Morgan fingerprint density at radius 2 is 1.71 bits per heavy atom. The van der Waals surface area contributed by atoms with Crippen molar-refractivity contribution >= 4 is 23.1 Å². The first kappa shape index (κ1) is 17.7. The van der Waals surface area contributed by atoms with E-state index in [-0.39, 0.29) is 11.3 Å². The molecule has 3 aromatic rings. The topological polar surface area (TPSA) is 70.8 Å². The van der Waals surface area contributed by atoms with Crippen molar-refractivity contribution in [3.63, 3.8) is 0 Å². The first-order chi connectivity index (χ1) is 13.5. The second kappa shape index (κ2) is 6.81. The second-order valence-electron chi connectivity index (χ2n) is 6.53. The number of carbonyl (C=O) groups is 2. The van der Waals surface area contributed by atoms with Crippen LogP contribution in [0.1, 0.15) is 22.9 Å². The second-order valence-corrected chi connectivity index (χ2v) is 6.53. The van der Waals surface area contributed by atoms with Gasteiger partial charge in [0.2, 0.25) is 0 Å². The number of anilines is 1. The van der Waals surface area contributed by atoms with E-state index >= 15 is 0 Å². The van der Waals surface area contributed by atoms with Gasteiger partial charge in [-0.3, -0.25) is 14.5 Å². The first-order valence-electron chi connectivity index (χ1n) is 8.64. The molecule has 1 fully saturated rings. The number of carbonyl (C=O) groups excluding carboxylic acids is 2. The number of aliphatic hydroxyl groups excluding tert-OH is 1. The Kier molecular flexibility index (Phi) is 4.31. The number of benzene rings is 2. The Bertz CT molecular complexity index is 1070. The van der Waals surface area contributed by atoms with Crippen molar-refractivity contribution in [1.82, 2.24) is 0 Å². The van der Waals surface area contributed by atoms with E-state index in [0.29, 0.717) is 17.0 Å². The Labute approximate surface area is 160 Å². The third kappa shape index (κ3) is 2.89. The molecule has 5 nitrogen and oxygen atoms in total. The molecule has 0 aliphatic carbocycles. The van der Waals surface area contributed by atoms with Gasteiger partial charge in [-0.15, -0.1) is 0 Å². The Morgan fingerprint density at radius 1 is 1.04 bits per heavy atom. The van der Waals surface area contributed by atoms with Crippen LogP contribution in [0, 0.1) is 12.7 Å². The van der Waals surface area contributed by atoms with Crippen molar-refractivity contribution in [3.05, 3.63) is 95.2 Å². The van der Waals surface area contributed by atoms with Crippen LogP contribution in [0.3, 0.4) is 0 Å². The van der Waals surface area contributed by atoms with Crippen LogP contribution in [0.5, 0.6) is 0 Å². The minimum absolute atomic E-state index is 0.0758. The van der Waals surface area contributed by atoms with Gasteiger partial charge in [-0.05, 0) is 43.3 Å². The van der Waals surface area contributed by atoms with Gasteiger partial charge in [0.25, 0.3) is 11.7 Å². The zero-order valence-electron chi connectivity index (χ0n) is 14.9. The Balaban J connectivity index is 1.91. The molecule has 6 heteroatoms. The van der Waals surface area contributed by atoms with E-state index in [1.807, 2.05) is 6.92 Å². The normalized spacial score (nSPS) is 18.6. The third-order valence-corrected chi connectivity index (χ3v) is 4.69. The summed E-state index contributed by atoms with van der Waals surface area (Å²) in [4.78, 5) is 26.8. The van der Waals surface area contributed by atoms with Crippen LogP contribution in [0.15, 0.2) is 76.9 Å². The molecule has 28 heavy (non-hydrogen) atoms. The molecule has 1 aromatic heterocycles. The number of hydrogen-bond donors (Lipinski definition) is 1. The SMILES string of the molecule is Cc1ccc(/C(O)=C2/C(=O)C(=O)N(c3ccc(F)cc3)C2c2ccco2)cc1. The average Bonchev–Trinajstić information content (AvgIpc) is 3.30. The van der Waals surface area contributed by atoms with E-state index in [1.54, 1.807) is 36.4 Å². The van der Waals surface area contributed by atoms with Crippen molar-refractivity contribution in [2.45, 2.75) is 13.0 Å². The van der Waals surface area contributed by atoms with E-state index in [9.17, 15) is 19.1 Å². The standard InChI is InChI=1S/C22H16FNO4/c1-13-4-6-14(7-5-13)20(25)18-19(17-3-2-12-28-17)24(22(27)21(18)26)16-10-8-15(23)9-11-16/h2-12,19,25H,1H3/b20-18-. The largest absolute Gasteiger partial charge is 0.507 e. The van der Waals surface area contributed by atoms with Gasteiger partial charge in [0.15, 0.2) is 0 Å². The zero-order chi connectivity index (χ0) is 19.8. The number of amides is 1. The van der Waals surface area contributed by atoms with E-state index in [0.717, 1.165) is 5.56 Å². The van der Waals surface area contributed by atoms with Crippen molar-refractivity contribution in [2.24, 2.45) is 0 Å². The lowest BCUT2D eigenvalue weighted by Crippen LogP contribution is -2.29.